The molecule has 0 aliphatic heterocycles. The highest BCUT2D eigenvalue weighted by atomic mass is 16.5. The molecule has 4 heteroatoms. The van der Waals surface area contributed by atoms with Crippen molar-refractivity contribution in [2.24, 2.45) is 5.92 Å². The summed E-state index contributed by atoms with van der Waals surface area (Å²) in [5.41, 5.74) is 10.9. The molecule has 0 saturated carbocycles. The van der Waals surface area contributed by atoms with E-state index >= 15 is 0 Å². The molecule has 0 bridgehead atoms. The first-order chi connectivity index (χ1) is 18.2. The third-order valence-corrected chi connectivity index (χ3v) is 7.42. The van der Waals surface area contributed by atoms with Crippen LogP contribution in [0.25, 0.3) is 28.2 Å². The van der Waals surface area contributed by atoms with E-state index in [0.717, 1.165) is 28.9 Å². The van der Waals surface area contributed by atoms with E-state index in [2.05, 4.69) is 54.7 Å². The highest BCUT2D eigenvalue weighted by Crippen LogP contribution is 2.50. The number of methoxy groups -OCH3 is 1. The lowest BCUT2D eigenvalue weighted by Crippen LogP contribution is -2.22. The predicted octanol–water partition coefficient (Wildman–Crippen LogP) is 7.16. The van der Waals surface area contributed by atoms with Crippen LogP contribution in [-0.4, -0.2) is 22.2 Å². The molecule has 0 saturated heterocycles. The summed E-state index contributed by atoms with van der Waals surface area (Å²) in [6, 6.07) is 17.4. The largest absolute Gasteiger partial charge is 0.507 e. The Morgan fingerprint density at radius 3 is 2.57 bits per heavy atom. The molecule has 1 N–H and O–H groups in total. The van der Waals surface area contributed by atoms with Gasteiger partial charge in [-0.05, 0) is 52.5 Å². The van der Waals surface area contributed by atoms with Crippen LogP contribution in [0.1, 0.15) is 12.1 Å². The molecule has 1 aromatic heterocycles. The fraction of sp³-hybridized carbons (Fsp3) is 0.0909. The summed E-state index contributed by atoms with van der Waals surface area (Å²) >= 11 is 0. The van der Waals surface area contributed by atoms with Crippen LogP contribution in [0.3, 0.4) is 0 Å². The van der Waals surface area contributed by atoms with E-state index in [1.807, 2.05) is 42.5 Å². The van der Waals surface area contributed by atoms with Gasteiger partial charge < -0.3 is 9.84 Å². The molecule has 0 amide bonds. The van der Waals surface area contributed by atoms with E-state index in [1.54, 1.807) is 13.2 Å². The Kier molecular flexibility index (Phi) is 4.93. The normalized spacial score (nSPS) is 19.0. The number of hydrogen-bond donors (Lipinski definition) is 1. The van der Waals surface area contributed by atoms with Crippen molar-refractivity contribution in [3.8, 4) is 34.1 Å². The Morgan fingerprint density at radius 2 is 1.73 bits per heavy atom. The van der Waals surface area contributed by atoms with Crippen LogP contribution < -0.4 is 4.74 Å². The standard InChI is InChI=1S/C33H24N2O2/c1-37-24-14-17-27(30(36)18-24)33-34-28(20-6-3-2-4-7-20)19-29(35-33)25-15-12-23-11-10-21-8-5-9-22-13-16-26(25)32(23)31(21)22/h2-8,10-19,32,36H,9H2,1H3. The molecule has 178 valence electrons. The molecular formula is C33H24N2O2. The van der Waals surface area contributed by atoms with Crippen molar-refractivity contribution in [3.05, 3.63) is 137 Å². The van der Waals surface area contributed by atoms with Crippen LogP contribution in [0.4, 0.5) is 0 Å². The van der Waals surface area contributed by atoms with Gasteiger partial charge >= 0.3 is 0 Å². The molecule has 0 spiro atoms. The van der Waals surface area contributed by atoms with Crippen molar-refractivity contribution in [1.82, 2.24) is 9.97 Å². The molecular weight excluding hydrogens is 456 g/mol. The summed E-state index contributed by atoms with van der Waals surface area (Å²) in [6.07, 6.45) is 18.8. The number of benzene rings is 2. The van der Waals surface area contributed by atoms with Crippen LogP contribution >= 0.6 is 0 Å². The van der Waals surface area contributed by atoms with Gasteiger partial charge in [-0.15, -0.1) is 0 Å². The monoisotopic (exact) mass is 480 g/mol. The Bertz CT molecular complexity index is 1680. The Hall–Kier alpha value is -4.70. The van der Waals surface area contributed by atoms with E-state index in [-0.39, 0.29) is 11.7 Å². The van der Waals surface area contributed by atoms with Crippen molar-refractivity contribution in [1.29, 1.82) is 0 Å². The van der Waals surface area contributed by atoms with Crippen LogP contribution in [0.5, 0.6) is 11.5 Å². The van der Waals surface area contributed by atoms with E-state index in [0.29, 0.717) is 17.1 Å². The van der Waals surface area contributed by atoms with E-state index in [4.69, 9.17) is 14.7 Å². The molecule has 3 aromatic rings. The predicted molar refractivity (Wildman–Crippen MR) is 147 cm³/mol. The van der Waals surface area contributed by atoms with Crippen molar-refractivity contribution in [2.45, 2.75) is 6.42 Å². The average molecular weight is 481 g/mol. The summed E-state index contributed by atoms with van der Waals surface area (Å²) in [5.74, 6) is 1.35. The maximum absolute atomic E-state index is 10.8. The summed E-state index contributed by atoms with van der Waals surface area (Å²) in [5, 5.41) is 10.8. The first-order valence-electron chi connectivity index (χ1n) is 12.4. The molecule has 0 radical (unpaired) electrons. The van der Waals surface area contributed by atoms with Gasteiger partial charge in [0.15, 0.2) is 5.82 Å². The Morgan fingerprint density at radius 1 is 0.865 bits per heavy atom. The summed E-state index contributed by atoms with van der Waals surface area (Å²) in [4.78, 5) is 9.88. The van der Waals surface area contributed by atoms with Crippen molar-refractivity contribution in [3.63, 3.8) is 0 Å². The smallest absolute Gasteiger partial charge is 0.164 e. The van der Waals surface area contributed by atoms with E-state index in [1.165, 1.54) is 27.9 Å². The van der Waals surface area contributed by atoms with Gasteiger partial charge in [0, 0.05) is 23.1 Å². The second-order valence-corrected chi connectivity index (χ2v) is 9.51. The lowest BCUT2D eigenvalue weighted by molar-refractivity contribution is 0.408. The number of allylic oxidation sites excluding steroid dienone is 14. The zero-order chi connectivity index (χ0) is 24.9. The summed E-state index contributed by atoms with van der Waals surface area (Å²) in [6.45, 7) is 0. The average Bonchev–Trinajstić information content (AvgIpc) is 2.96. The molecule has 4 nitrogen and oxygen atoms in total. The minimum Gasteiger partial charge on any atom is -0.507 e. The number of nitrogens with zero attached hydrogens (tertiary/aromatic N) is 2. The summed E-state index contributed by atoms with van der Waals surface area (Å²) in [7, 11) is 1.58. The van der Waals surface area contributed by atoms with Gasteiger partial charge in [0.05, 0.1) is 24.1 Å². The van der Waals surface area contributed by atoms with Gasteiger partial charge in [-0.2, -0.15) is 0 Å². The topological polar surface area (TPSA) is 55.2 Å². The number of phenolic OH excluding ortho intramolecular Hbond substituents is 1. The zero-order valence-corrected chi connectivity index (χ0v) is 20.3. The minimum absolute atomic E-state index is 0.0842. The number of ether oxygens (including phenoxy) is 1. The van der Waals surface area contributed by atoms with Crippen LogP contribution in [-0.2, 0) is 0 Å². The molecule has 1 unspecified atom stereocenters. The highest BCUT2D eigenvalue weighted by Gasteiger charge is 2.35. The molecule has 4 aliphatic rings. The Labute approximate surface area is 215 Å². The highest BCUT2D eigenvalue weighted by molar-refractivity contribution is 5.88. The van der Waals surface area contributed by atoms with Gasteiger partial charge in [0.2, 0.25) is 0 Å². The van der Waals surface area contributed by atoms with Crippen LogP contribution in [0.2, 0.25) is 0 Å². The van der Waals surface area contributed by atoms with Crippen molar-refractivity contribution >= 4 is 5.57 Å². The third kappa shape index (κ3) is 3.53. The number of aromatic nitrogens is 2. The zero-order valence-electron chi connectivity index (χ0n) is 20.3. The lowest BCUT2D eigenvalue weighted by Gasteiger charge is -2.37. The van der Waals surface area contributed by atoms with Gasteiger partial charge in [-0.25, -0.2) is 9.97 Å². The van der Waals surface area contributed by atoms with Gasteiger partial charge in [-0.3, -0.25) is 0 Å². The SMILES string of the molecule is COc1ccc(-c2nc(C3=CC=C4C=CC5=C6C(=CC=C3C46)CC=C5)cc(-c3ccccc3)n2)c(O)c1. The first-order valence-corrected chi connectivity index (χ1v) is 12.4. The quantitative estimate of drug-likeness (QED) is 0.431. The second-order valence-electron chi connectivity index (χ2n) is 9.51. The molecule has 1 heterocycles. The molecule has 4 aliphatic carbocycles. The number of phenols is 1. The fourth-order valence-electron chi connectivity index (χ4n) is 5.62. The molecule has 1 atom stereocenters. The fourth-order valence-corrected chi connectivity index (χ4v) is 5.62. The minimum atomic E-state index is 0.0842. The third-order valence-electron chi connectivity index (χ3n) is 7.42. The maximum atomic E-state index is 10.8. The molecule has 2 aromatic carbocycles. The maximum Gasteiger partial charge on any atom is 0.164 e. The number of rotatable bonds is 4. The number of aromatic hydroxyl groups is 1. The Balaban J connectivity index is 1.42. The van der Waals surface area contributed by atoms with Crippen LogP contribution in [0.15, 0.2) is 131 Å². The van der Waals surface area contributed by atoms with E-state index in [9.17, 15) is 5.11 Å². The van der Waals surface area contributed by atoms with Gasteiger partial charge in [-0.1, -0.05) is 78.9 Å². The van der Waals surface area contributed by atoms with Crippen molar-refractivity contribution in [2.75, 3.05) is 7.11 Å². The second kappa shape index (κ2) is 8.45. The first kappa shape index (κ1) is 21.6. The van der Waals surface area contributed by atoms with Crippen molar-refractivity contribution < 1.29 is 9.84 Å². The molecule has 7 rings (SSSR count). The summed E-state index contributed by atoms with van der Waals surface area (Å²) < 4.78 is 5.28. The van der Waals surface area contributed by atoms with Gasteiger partial charge in [0.25, 0.3) is 0 Å². The molecule has 0 fully saturated rings. The van der Waals surface area contributed by atoms with Gasteiger partial charge in [0.1, 0.15) is 11.5 Å². The molecule has 37 heavy (non-hydrogen) atoms. The number of hydrogen-bond acceptors (Lipinski definition) is 4. The van der Waals surface area contributed by atoms with E-state index < -0.39 is 0 Å². The lowest BCUT2D eigenvalue weighted by atomic mass is 9.67. The van der Waals surface area contributed by atoms with Crippen LogP contribution in [0, 0.1) is 5.92 Å².